The van der Waals surface area contributed by atoms with Crippen molar-refractivity contribution in [3.8, 4) is 6.07 Å². The summed E-state index contributed by atoms with van der Waals surface area (Å²) < 4.78 is 0. The normalized spacial score (nSPS) is 13.7. The van der Waals surface area contributed by atoms with Gasteiger partial charge in [0.25, 0.3) is 0 Å². The van der Waals surface area contributed by atoms with Crippen molar-refractivity contribution in [2.24, 2.45) is 5.92 Å². The predicted molar refractivity (Wildman–Crippen MR) is 80.4 cm³/mol. The van der Waals surface area contributed by atoms with E-state index in [4.69, 9.17) is 5.26 Å². The van der Waals surface area contributed by atoms with Crippen molar-refractivity contribution < 1.29 is 5.11 Å². The van der Waals surface area contributed by atoms with Crippen molar-refractivity contribution in [3.05, 3.63) is 36.0 Å². The van der Waals surface area contributed by atoms with Crippen LogP contribution in [0.5, 0.6) is 0 Å². The number of rotatable bonds is 5. The van der Waals surface area contributed by atoms with Gasteiger partial charge in [0.15, 0.2) is 0 Å². The van der Waals surface area contributed by atoms with E-state index in [0.717, 1.165) is 23.0 Å². The van der Waals surface area contributed by atoms with E-state index in [0.29, 0.717) is 12.2 Å². The lowest BCUT2D eigenvalue weighted by molar-refractivity contribution is 0.126. The number of aliphatic hydroxyl groups is 1. The molecular formula is C16H19N3O. The molecule has 0 saturated carbocycles. The fourth-order valence-corrected chi connectivity index (χ4v) is 2.07. The highest BCUT2D eigenvalue weighted by Crippen LogP contribution is 2.23. The molecule has 4 nitrogen and oxygen atoms in total. The Morgan fingerprint density at radius 3 is 2.85 bits per heavy atom. The minimum atomic E-state index is -0.405. The molecule has 2 N–H and O–H groups in total. The molecule has 1 aromatic heterocycles. The molecule has 0 fully saturated rings. The lowest BCUT2D eigenvalue weighted by atomic mass is 10.0. The van der Waals surface area contributed by atoms with E-state index < -0.39 is 6.10 Å². The molecule has 0 aliphatic carbocycles. The molecule has 0 aliphatic rings. The highest BCUT2D eigenvalue weighted by atomic mass is 16.3. The van der Waals surface area contributed by atoms with Crippen molar-refractivity contribution in [2.45, 2.75) is 26.4 Å². The number of anilines is 1. The van der Waals surface area contributed by atoms with Crippen LogP contribution in [0.3, 0.4) is 0 Å². The standard InChI is InChI=1S/C16H19N3O/c1-3-11(2)16(20)10-18-15-8-12(9-17)19-14-7-5-4-6-13(14)15/h4-8,11,16,20H,3,10H2,1-2H3,(H,18,19). The van der Waals surface area contributed by atoms with Crippen LogP contribution in [0.2, 0.25) is 0 Å². The first-order valence-electron chi connectivity index (χ1n) is 6.87. The molecule has 0 spiro atoms. The molecule has 1 aromatic carbocycles. The lowest BCUT2D eigenvalue weighted by Gasteiger charge is -2.19. The van der Waals surface area contributed by atoms with Gasteiger partial charge in [-0.05, 0) is 18.1 Å². The molecule has 104 valence electrons. The number of nitrogens with zero attached hydrogens (tertiary/aromatic N) is 2. The third-order valence-corrected chi connectivity index (χ3v) is 3.63. The van der Waals surface area contributed by atoms with Crippen LogP contribution in [0.25, 0.3) is 10.9 Å². The number of benzene rings is 1. The summed E-state index contributed by atoms with van der Waals surface area (Å²) in [5, 5.41) is 23.3. The van der Waals surface area contributed by atoms with Gasteiger partial charge in [-0.2, -0.15) is 5.26 Å². The van der Waals surface area contributed by atoms with Crippen LogP contribution in [0.15, 0.2) is 30.3 Å². The molecule has 0 saturated heterocycles. The van der Waals surface area contributed by atoms with Crippen LogP contribution < -0.4 is 5.32 Å². The summed E-state index contributed by atoms with van der Waals surface area (Å²) in [6, 6.07) is 11.5. The SMILES string of the molecule is CCC(C)C(O)CNc1cc(C#N)nc2ccccc12. The highest BCUT2D eigenvalue weighted by molar-refractivity contribution is 5.91. The summed E-state index contributed by atoms with van der Waals surface area (Å²) in [4.78, 5) is 4.27. The van der Waals surface area contributed by atoms with E-state index in [1.165, 1.54) is 0 Å². The summed E-state index contributed by atoms with van der Waals surface area (Å²) in [6.07, 6.45) is 0.529. The number of nitrogens with one attached hydrogen (secondary N) is 1. The first kappa shape index (κ1) is 14.3. The van der Waals surface area contributed by atoms with Gasteiger partial charge in [0.1, 0.15) is 11.8 Å². The van der Waals surface area contributed by atoms with E-state index in [1.807, 2.05) is 31.2 Å². The molecule has 0 radical (unpaired) electrons. The molecule has 2 rings (SSSR count). The van der Waals surface area contributed by atoms with Crippen LogP contribution in [0, 0.1) is 17.2 Å². The van der Waals surface area contributed by atoms with E-state index in [1.54, 1.807) is 6.07 Å². The van der Waals surface area contributed by atoms with Crippen LogP contribution in [0.1, 0.15) is 26.0 Å². The van der Waals surface area contributed by atoms with E-state index >= 15 is 0 Å². The Bertz CT molecular complexity index is 633. The summed E-state index contributed by atoms with van der Waals surface area (Å²) in [6.45, 7) is 4.55. The van der Waals surface area contributed by atoms with Crippen molar-refractivity contribution in [1.29, 1.82) is 5.26 Å². The second kappa shape index (κ2) is 6.36. The number of nitriles is 1. The van der Waals surface area contributed by atoms with Crippen LogP contribution in [0.4, 0.5) is 5.69 Å². The molecule has 1 heterocycles. The Balaban J connectivity index is 2.27. The van der Waals surface area contributed by atoms with Gasteiger partial charge in [-0.1, -0.05) is 38.5 Å². The van der Waals surface area contributed by atoms with Gasteiger partial charge < -0.3 is 10.4 Å². The minimum Gasteiger partial charge on any atom is -0.391 e. The van der Waals surface area contributed by atoms with Gasteiger partial charge in [-0.3, -0.25) is 0 Å². The lowest BCUT2D eigenvalue weighted by Crippen LogP contribution is -2.26. The average Bonchev–Trinajstić information content (AvgIpc) is 2.50. The molecule has 2 aromatic rings. The molecule has 4 heteroatoms. The number of pyridine rings is 1. The molecule has 0 bridgehead atoms. The van der Waals surface area contributed by atoms with Gasteiger partial charge in [0.2, 0.25) is 0 Å². The topological polar surface area (TPSA) is 68.9 Å². The Kier molecular flexibility index (Phi) is 4.54. The largest absolute Gasteiger partial charge is 0.391 e. The first-order chi connectivity index (χ1) is 9.65. The zero-order chi connectivity index (χ0) is 14.5. The fraction of sp³-hybridized carbons (Fsp3) is 0.375. The Hall–Kier alpha value is -2.12. The fourth-order valence-electron chi connectivity index (χ4n) is 2.07. The van der Waals surface area contributed by atoms with Crippen molar-refractivity contribution in [2.75, 3.05) is 11.9 Å². The van der Waals surface area contributed by atoms with Gasteiger partial charge >= 0.3 is 0 Å². The van der Waals surface area contributed by atoms with Crippen LogP contribution in [-0.4, -0.2) is 22.7 Å². The predicted octanol–water partition coefficient (Wildman–Crippen LogP) is 2.93. The third kappa shape index (κ3) is 3.06. The first-order valence-corrected chi connectivity index (χ1v) is 6.87. The second-order valence-electron chi connectivity index (χ2n) is 5.02. The summed E-state index contributed by atoms with van der Waals surface area (Å²) in [5.74, 6) is 0.242. The Morgan fingerprint density at radius 2 is 2.15 bits per heavy atom. The third-order valence-electron chi connectivity index (χ3n) is 3.63. The maximum absolute atomic E-state index is 10.0. The maximum atomic E-state index is 10.0. The Labute approximate surface area is 119 Å². The zero-order valence-corrected chi connectivity index (χ0v) is 11.8. The van der Waals surface area contributed by atoms with Gasteiger partial charge in [-0.15, -0.1) is 0 Å². The second-order valence-corrected chi connectivity index (χ2v) is 5.02. The number of aliphatic hydroxyl groups excluding tert-OH is 1. The van der Waals surface area contributed by atoms with Gasteiger partial charge in [0.05, 0.1) is 11.6 Å². The Morgan fingerprint density at radius 1 is 1.40 bits per heavy atom. The number of para-hydroxylation sites is 1. The number of hydrogen-bond donors (Lipinski definition) is 2. The monoisotopic (exact) mass is 269 g/mol. The van der Waals surface area contributed by atoms with Gasteiger partial charge in [-0.25, -0.2) is 4.98 Å². The minimum absolute atomic E-state index is 0.242. The van der Waals surface area contributed by atoms with Crippen molar-refractivity contribution in [1.82, 2.24) is 4.98 Å². The summed E-state index contributed by atoms with van der Waals surface area (Å²) in [7, 11) is 0. The summed E-state index contributed by atoms with van der Waals surface area (Å²) >= 11 is 0. The molecule has 20 heavy (non-hydrogen) atoms. The zero-order valence-electron chi connectivity index (χ0n) is 11.8. The smallest absolute Gasteiger partial charge is 0.143 e. The van der Waals surface area contributed by atoms with E-state index in [9.17, 15) is 5.11 Å². The van der Waals surface area contributed by atoms with Crippen LogP contribution in [-0.2, 0) is 0 Å². The highest BCUT2D eigenvalue weighted by Gasteiger charge is 2.13. The average molecular weight is 269 g/mol. The molecule has 2 atom stereocenters. The van der Waals surface area contributed by atoms with E-state index in [-0.39, 0.29) is 5.92 Å². The van der Waals surface area contributed by atoms with Crippen molar-refractivity contribution in [3.63, 3.8) is 0 Å². The molecule has 2 unspecified atom stereocenters. The number of aromatic nitrogens is 1. The molecule has 0 amide bonds. The quantitative estimate of drug-likeness (QED) is 0.875. The van der Waals surface area contributed by atoms with E-state index in [2.05, 4.69) is 23.3 Å². The van der Waals surface area contributed by atoms with Gasteiger partial charge in [0, 0.05) is 17.6 Å². The number of fused-ring (bicyclic) bond motifs is 1. The maximum Gasteiger partial charge on any atom is 0.143 e. The molecule has 0 aliphatic heterocycles. The van der Waals surface area contributed by atoms with Crippen molar-refractivity contribution >= 4 is 16.6 Å². The molecular weight excluding hydrogens is 250 g/mol. The summed E-state index contributed by atoms with van der Waals surface area (Å²) in [5.41, 5.74) is 2.01. The van der Waals surface area contributed by atoms with Crippen LogP contribution >= 0.6 is 0 Å². The number of hydrogen-bond acceptors (Lipinski definition) is 4.